The van der Waals surface area contributed by atoms with Crippen LogP contribution >= 0.6 is 0 Å². The highest BCUT2D eigenvalue weighted by Gasteiger charge is 2.38. The summed E-state index contributed by atoms with van der Waals surface area (Å²) in [6.07, 6.45) is 1.17. The summed E-state index contributed by atoms with van der Waals surface area (Å²) in [5.74, 6) is 1.50. The number of guanidine groups is 1. The van der Waals surface area contributed by atoms with Crippen LogP contribution in [0.3, 0.4) is 0 Å². The molecule has 110 valence electrons. The van der Waals surface area contributed by atoms with Crippen molar-refractivity contribution in [1.29, 1.82) is 0 Å². The van der Waals surface area contributed by atoms with Crippen molar-refractivity contribution in [2.24, 2.45) is 4.99 Å². The number of methoxy groups -OCH3 is 1. The number of nitrogens with zero attached hydrogens (tertiary/aromatic N) is 1. The minimum Gasteiger partial charge on any atom is -0.383 e. The Morgan fingerprint density at radius 2 is 2.15 bits per heavy atom. The molecule has 3 unspecified atom stereocenters. The number of nitrogens with one attached hydrogen (secondary N) is 2. The molecule has 1 fully saturated rings. The van der Waals surface area contributed by atoms with E-state index in [9.17, 15) is 0 Å². The molecule has 0 bridgehead atoms. The van der Waals surface area contributed by atoms with Gasteiger partial charge in [-0.2, -0.15) is 0 Å². The summed E-state index contributed by atoms with van der Waals surface area (Å²) < 4.78 is 5.15. The normalized spacial score (nSPS) is 23.2. The molecule has 1 aliphatic carbocycles. The highest BCUT2D eigenvalue weighted by molar-refractivity contribution is 5.81. The zero-order chi connectivity index (χ0) is 14.4. The van der Waals surface area contributed by atoms with Crippen molar-refractivity contribution in [2.75, 3.05) is 20.3 Å². The van der Waals surface area contributed by atoms with E-state index in [1.165, 1.54) is 12.0 Å². The molecule has 1 aromatic carbocycles. The average molecular weight is 275 g/mol. The van der Waals surface area contributed by atoms with Crippen LogP contribution in [0.15, 0.2) is 35.3 Å². The lowest BCUT2D eigenvalue weighted by Crippen LogP contribution is -2.45. The SMILES string of the molecule is CCN=C(NC(C)COC)NC1CC1c1ccccc1. The predicted octanol–water partition coefficient (Wildman–Crippen LogP) is 2.13. The molecule has 0 heterocycles. The third-order valence-corrected chi connectivity index (χ3v) is 3.46. The lowest BCUT2D eigenvalue weighted by atomic mass is 10.1. The highest BCUT2D eigenvalue weighted by atomic mass is 16.5. The van der Waals surface area contributed by atoms with Crippen LogP contribution in [0.5, 0.6) is 0 Å². The van der Waals surface area contributed by atoms with Crippen LogP contribution in [0.2, 0.25) is 0 Å². The van der Waals surface area contributed by atoms with E-state index >= 15 is 0 Å². The van der Waals surface area contributed by atoms with Crippen molar-refractivity contribution in [1.82, 2.24) is 10.6 Å². The van der Waals surface area contributed by atoms with Gasteiger partial charge < -0.3 is 15.4 Å². The van der Waals surface area contributed by atoms with E-state index in [1.54, 1.807) is 7.11 Å². The van der Waals surface area contributed by atoms with Crippen LogP contribution < -0.4 is 10.6 Å². The van der Waals surface area contributed by atoms with Gasteiger partial charge in [-0.25, -0.2) is 0 Å². The van der Waals surface area contributed by atoms with Crippen LogP contribution in [0, 0.1) is 0 Å². The maximum atomic E-state index is 5.15. The molecule has 1 aliphatic rings. The van der Waals surface area contributed by atoms with E-state index in [2.05, 4.69) is 52.9 Å². The number of hydrogen-bond acceptors (Lipinski definition) is 2. The minimum absolute atomic E-state index is 0.256. The molecule has 0 spiro atoms. The van der Waals surface area contributed by atoms with Gasteiger partial charge in [-0.1, -0.05) is 30.3 Å². The van der Waals surface area contributed by atoms with Crippen LogP contribution in [0.25, 0.3) is 0 Å². The van der Waals surface area contributed by atoms with Crippen LogP contribution in [0.4, 0.5) is 0 Å². The largest absolute Gasteiger partial charge is 0.383 e. The Hall–Kier alpha value is -1.55. The molecule has 0 radical (unpaired) electrons. The fraction of sp³-hybridized carbons (Fsp3) is 0.562. The van der Waals surface area contributed by atoms with Crippen LogP contribution in [0.1, 0.15) is 31.7 Å². The van der Waals surface area contributed by atoms with E-state index in [0.29, 0.717) is 18.6 Å². The van der Waals surface area contributed by atoms with E-state index in [-0.39, 0.29) is 6.04 Å². The first-order valence-electron chi connectivity index (χ1n) is 7.36. The number of benzene rings is 1. The highest BCUT2D eigenvalue weighted by Crippen LogP contribution is 2.40. The van der Waals surface area contributed by atoms with E-state index in [0.717, 1.165) is 12.5 Å². The standard InChI is InChI=1S/C16H25N3O/c1-4-17-16(18-12(2)11-20-3)19-15-10-14(15)13-8-6-5-7-9-13/h5-9,12,14-15H,4,10-11H2,1-3H3,(H2,17,18,19). The van der Waals surface area contributed by atoms with Crippen molar-refractivity contribution < 1.29 is 4.74 Å². The van der Waals surface area contributed by atoms with Gasteiger partial charge in [0.2, 0.25) is 0 Å². The number of aliphatic imine (C=N–C) groups is 1. The lowest BCUT2D eigenvalue weighted by molar-refractivity contribution is 0.179. The van der Waals surface area contributed by atoms with Gasteiger partial charge in [0.25, 0.3) is 0 Å². The van der Waals surface area contributed by atoms with Crippen molar-refractivity contribution in [3.63, 3.8) is 0 Å². The summed E-state index contributed by atoms with van der Waals surface area (Å²) in [6.45, 7) is 5.60. The van der Waals surface area contributed by atoms with Gasteiger partial charge in [0, 0.05) is 31.7 Å². The molecule has 0 amide bonds. The van der Waals surface area contributed by atoms with Crippen LogP contribution in [-0.4, -0.2) is 38.3 Å². The number of ether oxygens (including phenoxy) is 1. The molecule has 20 heavy (non-hydrogen) atoms. The Bertz CT molecular complexity index is 433. The number of rotatable bonds is 6. The molecular formula is C16H25N3O. The van der Waals surface area contributed by atoms with Crippen molar-refractivity contribution in [3.8, 4) is 0 Å². The Morgan fingerprint density at radius 1 is 1.40 bits per heavy atom. The predicted molar refractivity (Wildman–Crippen MR) is 83.2 cm³/mol. The van der Waals surface area contributed by atoms with Gasteiger partial charge >= 0.3 is 0 Å². The molecule has 4 nitrogen and oxygen atoms in total. The van der Waals surface area contributed by atoms with Crippen molar-refractivity contribution >= 4 is 5.96 Å². The first kappa shape index (κ1) is 14.9. The molecule has 1 saturated carbocycles. The van der Waals surface area contributed by atoms with E-state index in [4.69, 9.17) is 4.74 Å². The molecule has 1 aromatic rings. The van der Waals surface area contributed by atoms with Gasteiger partial charge in [0.1, 0.15) is 0 Å². The summed E-state index contributed by atoms with van der Waals surface area (Å²) in [5, 5.41) is 6.89. The number of hydrogen-bond donors (Lipinski definition) is 2. The topological polar surface area (TPSA) is 45.7 Å². The van der Waals surface area contributed by atoms with E-state index in [1.807, 2.05) is 6.92 Å². The third kappa shape index (κ3) is 4.23. The molecule has 0 aromatic heterocycles. The summed E-state index contributed by atoms with van der Waals surface area (Å²) in [5.41, 5.74) is 1.41. The zero-order valence-electron chi connectivity index (χ0n) is 12.6. The Morgan fingerprint density at radius 3 is 2.80 bits per heavy atom. The van der Waals surface area contributed by atoms with Gasteiger partial charge in [-0.3, -0.25) is 4.99 Å². The zero-order valence-corrected chi connectivity index (χ0v) is 12.6. The monoisotopic (exact) mass is 275 g/mol. The molecule has 0 aliphatic heterocycles. The van der Waals surface area contributed by atoms with Gasteiger partial charge in [-0.15, -0.1) is 0 Å². The lowest BCUT2D eigenvalue weighted by Gasteiger charge is -2.17. The van der Waals surface area contributed by atoms with Crippen molar-refractivity contribution in [3.05, 3.63) is 35.9 Å². The summed E-state index contributed by atoms with van der Waals surface area (Å²) in [6, 6.07) is 11.4. The van der Waals surface area contributed by atoms with Gasteiger partial charge in [0.05, 0.1) is 6.61 Å². The summed E-state index contributed by atoms with van der Waals surface area (Å²) in [4.78, 5) is 4.49. The third-order valence-electron chi connectivity index (χ3n) is 3.46. The smallest absolute Gasteiger partial charge is 0.191 e. The quantitative estimate of drug-likeness (QED) is 0.617. The van der Waals surface area contributed by atoms with E-state index < -0.39 is 0 Å². The maximum absolute atomic E-state index is 5.15. The van der Waals surface area contributed by atoms with Gasteiger partial charge in [0.15, 0.2) is 5.96 Å². The molecule has 0 saturated heterocycles. The Kier molecular flexibility index (Phi) is 5.41. The van der Waals surface area contributed by atoms with Crippen molar-refractivity contribution in [2.45, 2.75) is 38.3 Å². The first-order valence-corrected chi connectivity index (χ1v) is 7.36. The average Bonchev–Trinajstić information content (AvgIpc) is 3.19. The summed E-state index contributed by atoms with van der Waals surface area (Å²) in [7, 11) is 1.72. The maximum Gasteiger partial charge on any atom is 0.191 e. The fourth-order valence-corrected chi connectivity index (χ4v) is 2.41. The fourth-order valence-electron chi connectivity index (χ4n) is 2.41. The van der Waals surface area contributed by atoms with Gasteiger partial charge in [-0.05, 0) is 25.8 Å². The first-order chi connectivity index (χ1) is 9.74. The molecular weight excluding hydrogens is 250 g/mol. The molecule has 2 rings (SSSR count). The second-order valence-electron chi connectivity index (χ2n) is 5.33. The van der Waals surface area contributed by atoms with Crippen LogP contribution in [-0.2, 0) is 4.74 Å². The Balaban J connectivity index is 1.86. The summed E-state index contributed by atoms with van der Waals surface area (Å²) >= 11 is 0. The minimum atomic E-state index is 0.256. The second-order valence-corrected chi connectivity index (χ2v) is 5.33. The Labute approximate surface area is 121 Å². The molecule has 4 heteroatoms. The molecule has 3 atom stereocenters. The molecule has 2 N–H and O–H groups in total. The second kappa shape index (κ2) is 7.29.